The average molecular weight is 159 g/mol. The van der Waals surface area contributed by atoms with E-state index in [0.717, 1.165) is 17.8 Å². The molecular formula is C11H13N. The third-order valence-electron chi connectivity index (χ3n) is 1.58. The Labute approximate surface area is 73.4 Å². The molecule has 1 aromatic rings. The van der Waals surface area contributed by atoms with E-state index in [-0.39, 0.29) is 0 Å². The predicted octanol–water partition coefficient (Wildman–Crippen LogP) is 2.84. The Hall–Kier alpha value is -1.50. The molecule has 0 heterocycles. The summed E-state index contributed by atoms with van der Waals surface area (Å²) in [7, 11) is 0. The molecule has 0 unspecified atom stereocenters. The molecule has 0 atom stereocenters. The van der Waals surface area contributed by atoms with Crippen LogP contribution < -0.4 is 5.32 Å². The van der Waals surface area contributed by atoms with Gasteiger partial charge in [-0.3, -0.25) is 0 Å². The third-order valence-corrected chi connectivity index (χ3v) is 1.58. The summed E-state index contributed by atoms with van der Waals surface area (Å²) in [5.41, 5.74) is 2.11. The average Bonchev–Trinajstić information content (AvgIpc) is 2.16. The summed E-state index contributed by atoms with van der Waals surface area (Å²) in [4.78, 5) is 0. The van der Waals surface area contributed by atoms with E-state index < -0.39 is 0 Å². The number of anilines is 1. The van der Waals surface area contributed by atoms with E-state index in [1.54, 1.807) is 6.08 Å². The van der Waals surface area contributed by atoms with Crippen LogP contribution >= 0.6 is 0 Å². The minimum absolute atomic E-state index is 0.757. The van der Waals surface area contributed by atoms with Gasteiger partial charge in [0.15, 0.2) is 0 Å². The lowest BCUT2D eigenvalue weighted by atomic mass is 10.2. The molecule has 0 bridgehead atoms. The molecule has 0 saturated carbocycles. The van der Waals surface area contributed by atoms with Crippen molar-refractivity contribution in [3.8, 4) is 0 Å². The van der Waals surface area contributed by atoms with Gasteiger partial charge in [-0.05, 0) is 17.7 Å². The summed E-state index contributed by atoms with van der Waals surface area (Å²) in [5, 5.41) is 3.22. The lowest BCUT2D eigenvalue weighted by Gasteiger charge is -2.04. The first-order chi connectivity index (χ1) is 5.83. The van der Waals surface area contributed by atoms with E-state index >= 15 is 0 Å². The minimum Gasteiger partial charge on any atom is -0.381 e. The molecule has 62 valence electrons. The van der Waals surface area contributed by atoms with Crippen LogP contribution in [0.2, 0.25) is 0 Å². The monoisotopic (exact) mass is 159 g/mol. The minimum atomic E-state index is 0.757. The third kappa shape index (κ3) is 2.62. The second kappa shape index (κ2) is 4.39. The van der Waals surface area contributed by atoms with Crippen LogP contribution in [-0.4, -0.2) is 6.54 Å². The summed E-state index contributed by atoms with van der Waals surface area (Å²) in [5.74, 6) is 0. The largest absolute Gasteiger partial charge is 0.381 e. The molecule has 0 aliphatic heterocycles. The van der Waals surface area contributed by atoms with Crippen molar-refractivity contribution in [2.24, 2.45) is 0 Å². The van der Waals surface area contributed by atoms with Crippen molar-refractivity contribution in [1.82, 2.24) is 0 Å². The fourth-order valence-corrected chi connectivity index (χ4v) is 0.844. The van der Waals surface area contributed by atoms with Crippen LogP contribution in [0.4, 0.5) is 5.69 Å². The summed E-state index contributed by atoms with van der Waals surface area (Å²) in [6, 6.07) is 10.0. The molecule has 0 aliphatic rings. The highest BCUT2D eigenvalue weighted by atomic mass is 14.9. The standard InChI is InChI=1S/C11H13N/c1-3-10(2)9-12-11-7-5-4-6-8-11/h3-8,12H,1-2,9H2. The lowest BCUT2D eigenvalue weighted by Crippen LogP contribution is -2.01. The van der Waals surface area contributed by atoms with Gasteiger partial charge < -0.3 is 5.32 Å². The number of benzene rings is 1. The fourth-order valence-electron chi connectivity index (χ4n) is 0.844. The molecule has 0 aliphatic carbocycles. The Morgan fingerprint density at radius 2 is 2.00 bits per heavy atom. The number of para-hydroxylation sites is 1. The Morgan fingerprint density at radius 3 is 2.58 bits per heavy atom. The quantitative estimate of drug-likeness (QED) is 0.666. The molecule has 0 amide bonds. The number of rotatable bonds is 4. The Balaban J connectivity index is 2.43. The van der Waals surface area contributed by atoms with Crippen molar-refractivity contribution in [2.45, 2.75) is 0 Å². The lowest BCUT2D eigenvalue weighted by molar-refractivity contribution is 1.27. The second-order valence-electron chi connectivity index (χ2n) is 2.58. The molecule has 12 heavy (non-hydrogen) atoms. The maximum atomic E-state index is 3.81. The van der Waals surface area contributed by atoms with Gasteiger partial charge in [0, 0.05) is 12.2 Å². The predicted molar refractivity (Wildman–Crippen MR) is 54.3 cm³/mol. The maximum absolute atomic E-state index is 3.81. The van der Waals surface area contributed by atoms with Gasteiger partial charge in [0.2, 0.25) is 0 Å². The molecule has 1 N–H and O–H groups in total. The zero-order valence-corrected chi connectivity index (χ0v) is 7.09. The zero-order valence-electron chi connectivity index (χ0n) is 7.09. The number of hydrogen-bond acceptors (Lipinski definition) is 1. The van der Waals surface area contributed by atoms with E-state index in [1.807, 2.05) is 30.3 Å². The van der Waals surface area contributed by atoms with Crippen molar-refractivity contribution in [1.29, 1.82) is 0 Å². The van der Waals surface area contributed by atoms with Gasteiger partial charge >= 0.3 is 0 Å². The molecule has 1 heteroatoms. The van der Waals surface area contributed by atoms with Crippen LogP contribution in [-0.2, 0) is 0 Å². The fraction of sp³-hybridized carbons (Fsp3) is 0.0909. The van der Waals surface area contributed by atoms with Crippen LogP contribution in [0.25, 0.3) is 0 Å². The highest BCUT2D eigenvalue weighted by molar-refractivity contribution is 5.44. The van der Waals surface area contributed by atoms with Crippen LogP contribution in [0, 0.1) is 0 Å². The summed E-state index contributed by atoms with van der Waals surface area (Å²) in [6.07, 6.45) is 1.76. The summed E-state index contributed by atoms with van der Waals surface area (Å²) < 4.78 is 0. The summed E-state index contributed by atoms with van der Waals surface area (Å²) >= 11 is 0. The van der Waals surface area contributed by atoms with Crippen LogP contribution in [0.3, 0.4) is 0 Å². The molecule has 0 radical (unpaired) electrons. The molecule has 0 spiro atoms. The number of hydrogen-bond donors (Lipinski definition) is 1. The Bertz CT molecular complexity index is 262. The van der Waals surface area contributed by atoms with Crippen molar-refractivity contribution in [3.63, 3.8) is 0 Å². The number of nitrogens with one attached hydrogen (secondary N) is 1. The van der Waals surface area contributed by atoms with Crippen molar-refractivity contribution >= 4 is 5.69 Å². The van der Waals surface area contributed by atoms with E-state index in [4.69, 9.17) is 0 Å². The van der Waals surface area contributed by atoms with Gasteiger partial charge in [0.05, 0.1) is 0 Å². The maximum Gasteiger partial charge on any atom is 0.0394 e. The van der Waals surface area contributed by atoms with E-state index in [9.17, 15) is 0 Å². The first-order valence-electron chi connectivity index (χ1n) is 3.92. The van der Waals surface area contributed by atoms with Crippen LogP contribution in [0.5, 0.6) is 0 Å². The van der Waals surface area contributed by atoms with Gasteiger partial charge in [0.1, 0.15) is 0 Å². The Morgan fingerprint density at radius 1 is 1.33 bits per heavy atom. The molecule has 1 nitrogen and oxygen atoms in total. The molecule has 1 rings (SSSR count). The normalized spacial score (nSPS) is 9.00. The van der Waals surface area contributed by atoms with Crippen molar-refractivity contribution in [3.05, 3.63) is 55.1 Å². The summed E-state index contributed by atoms with van der Waals surface area (Å²) in [6.45, 7) is 8.20. The molecule has 0 aromatic heterocycles. The zero-order chi connectivity index (χ0) is 8.81. The van der Waals surface area contributed by atoms with Crippen LogP contribution in [0.1, 0.15) is 0 Å². The highest BCUT2D eigenvalue weighted by Gasteiger charge is 1.88. The van der Waals surface area contributed by atoms with E-state index in [2.05, 4.69) is 18.5 Å². The first kappa shape index (κ1) is 8.60. The van der Waals surface area contributed by atoms with Crippen molar-refractivity contribution < 1.29 is 0 Å². The topological polar surface area (TPSA) is 12.0 Å². The van der Waals surface area contributed by atoms with Gasteiger partial charge in [0.25, 0.3) is 0 Å². The molecule has 0 fully saturated rings. The Kier molecular flexibility index (Phi) is 3.15. The molecule has 1 aromatic carbocycles. The van der Waals surface area contributed by atoms with E-state index in [0.29, 0.717) is 0 Å². The second-order valence-corrected chi connectivity index (χ2v) is 2.58. The van der Waals surface area contributed by atoms with Gasteiger partial charge in [-0.15, -0.1) is 0 Å². The SMILES string of the molecule is C=CC(=C)CNc1ccccc1. The molecular weight excluding hydrogens is 146 g/mol. The van der Waals surface area contributed by atoms with Crippen molar-refractivity contribution in [2.75, 3.05) is 11.9 Å². The van der Waals surface area contributed by atoms with Gasteiger partial charge in [-0.1, -0.05) is 37.4 Å². The van der Waals surface area contributed by atoms with E-state index in [1.165, 1.54) is 0 Å². The van der Waals surface area contributed by atoms with Gasteiger partial charge in [-0.2, -0.15) is 0 Å². The first-order valence-corrected chi connectivity index (χ1v) is 3.92. The molecule has 0 saturated heterocycles. The van der Waals surface area contributed by atoms with Gasteiger partial charge in [-0.25, -0.2) is 0 Å². The smallest absolute Gasteiger partial charge is 0.0394 e. The van der Waals surface area contributed by atoms with Crippen LogP contribution in [0.15, 0.2) is 55.1 Å². The highest BCUT2D eigenvalue weighted by Crippen LogP contribution is 2.05.